The Morgan fingerprint density at radius 2 is 1.86 bits per heavy atom. The number of halogens is 4. The van der Waals surface area contributed by atoms with E-state index in [1.165, 1.54) is 0 Å². The lowest BCUT2D eigenvalue weighted by atomic mass is 9.90. The molecule has 1 aliphatic carbocycles. The smallest absolute Gasteiger partial charge is 0.416 e. The third kappa shape index (κ3) is 7.08. The van der Waals surface area contributed by atoms with Crippen LogP contribution in [0.5, 0.6) is 0 Å². The number of thioether (sulfide) groups is 1. The quantitative estimate of drug-likeness (QED) is 0.551. The molecule has 0 saturated heterocycles. The van der Waals surface area contributed by atoms with Crippen molar-refractivity contribution < 1.29 is 27.9 Å². The van der Waals surface area contributed by atoms with Crippen LogP contribution < -0.4 is 10.6 Å². The van der Waals surface area contributed by atoms with Crippen LogP contribution in [-0.2, 0) is 11.0 Å². The third-order valence-electron chi connectivity index (χ3n) is 4.95. The van der Waals surface area contributed by atoms with Gasteiger partial charge < -0.3 is 15.7 Å². The Kier molecular flexibility index (Phi) is 8.66. The van der Waals surface area contributed by atoms with Crippen molar-refractivity contribution in [3.63, 3.8) is 0 Å². The van der Waals surface area contributed by atoms with Crippen molar-refractivity contribution in [2.75, 3.05) is 12.0 Å². The molecular formula is C19H24ClF3N2O3S. The van der Waals surface area contributed by atoms with Crippen LogP contribution >= 0.6 is 23.4 Å². The molecule has 1 atom stereocenters. The SMILES string of the molecule is CSCC[C@H](N[C@H]1CC[C@H](NC(=O)c2cc(C(F)(F)F)ccc2Cl)CC1)C(=O)O. The Morgan fingerprint density at radius 3 is 2.41 bits per heavy atom. The van der Waals surface area contributed by atoms with Crippen molar-refractivity contribution in [2.45, 2.75) is 56.4 Å². The molecule has 0 radical (unpaired) electrons. The number of aliphatic carboxylic acids is 1. The number of amides is 1. The fourth-order valence-corrected chi connectivity index (χ4v) is 4.02. The molecule has 162 valence electrons. The molecule has 0 spiro atoms. The van der Waals surface area contributed by atoms with Gasteiger partial charge in [-0.25, -0.2) is 0 Å². The second kappa shape index (κ2) is 10.5. The first-order valence-corrected chi connectivity index (χ1v) is 11.0. The molecule has 10 heteroatoms. The summed E-state index contributed by atoms with van der Waals surface area (Å²) in [5.74, 6) is -0.776. The van der Waals surface area contributed by atoms with Crippen molar-refractivity contribution in [1.29, 1.82) is 0 Å². The zero-order chi connectivity index (χ0) is 21.6. The maximum Gasteiger partial charge on any atom is 0.416 e. The van der Waals surface area contributed by atoms with Crippen LogP contribution in [0.25, 0.3) is 0 Å². The van der Waals surface area contributed by atoms with Crippen LogP contribution in [0, 0.1) is 0 Å². The number of carboxylic acids is 1. The van der Waals surface area contributed by atoms with Gasteiger partial charge in [-0.1, -0.05) is 11.6 Å². The Balaban J connectivity index is 1.91. The van der Waals surface area contributed by atoms with Gasteiger partial charge in [0, 0.05) is 12.1 Å². The molecule has 1 saturated carbocycles. The average molecular weight is 453 g/mol. The number of hydrogen-bond donors (Lipinski definition) is 3. The van der Waals surface area contributed by atoms with Crippen molar-refractivity contribution in [3.8, 4) is 0 Å². The van der Waals surface area contributed by atoms with Crippen LogP contribution in [-0.4, -0.2) is 47.1 Å². The highest BCUT2D eigenvalue weighted by molar-refractivity contribution is 7.98. The van der Waals surface area contributed by atoms with Gasteiger partial charge in [0.05, 0.1) is 16.1 Å². The maximum atomic E-state index is 12.9. The van der Waals surface area contributed by atoms with Gasteiger partial charge in [0.2, 0.25) is 0 Å². The number of carbonyl (C=O) groups is 2. The average Bonchev–Trinajstić information content (AvgIpc) is 2.65. The summed E-state index contributed by atoms with van der Waals surface area (Å²) in [6, 6.07) is 1.90. The van der Waals surface area contributed by atoms with E-state index in [0.29, 0.717) is 32.1 Å². The fourth-order valence-electron chi connectivity index (χ4n) is 3.34. The minimum absolute atomic E-state index is 0.0308. The lowest BCUT2D eigenvalue weighted by molar-refractivity contribution is -0.140. The molecular weight excluding hydrogens is 429 g/mol. The van der Waals surface area contributed by atoms with Crippen molar-refractivity contribution in [2.24, 2.45) is 0 Å². The van der Waals surface area contributed by atoms with E-state index < -0.39 is 29.7 Å². The number of benzene rings is 1. The molecule has 5 nitrogen and oxygen atoms in total. The van der Waals surface area contributed by atoms with E-state index >= 15 is 0 Å². The molecule has 0 aromatic heterocycles. The van der Waals surface area contributed by atoms with E-state index in [4.69, 9.17) is 11.6 Å². The molecule has 1 fully saturated rings. The molecule has 1 aromatic carbocycles. The highest BCUT2D eigenvalue weighted by atomic mass is 35.5. The van der Waals surface area contributed by atoms with Gasteiger partial charge in [0.1, 0.15) is 6.04 Å². The topological polar surface area (TPSA) is 78.4 Å². The summed E-state index contributed by atoms with van der Waals surface area (Å²) < 4.78 is 38.6. The standard InChI is InChI=1S/C19H24ClF3N2O3S/c1-29-9-8-16(18(27)28)24-12-3-5-13(6-4-12)25-17(26)14-10-11(19(21,22)23)2-7-15(14)20/h2,7,10,12-13,16,24H,3-6,8-9H2,1H3,(H,25,26)(H,27,28)/t12-,13-,16-/m0/s1. The van der Waals surface area contributed by atoms with Crippen molar-refractivity contribution in [3.05, 3.63) is 34.3 Å². The summed E-state index contributed by atoms with van der Waals surface area (Å²) in [5, 5.41) is 15.2. The number of nitrogens with one attached hydrogen (secondary N) is 2. The summed E-state index contributed by atoms with van der Waals surface area (Å²) in [5.41, 5.74) is -1.13. The highest BCUT2D eigenvalue weighted by Gasteiger charge is 2.32. The molecule has 0 bridgehead atoms. The van der Waals surface area contributed by atoms with E-state index in [1.807, 2.05) is 6.26 Å². The molecule has 0 heterocycles. The fraction of sp³-hybridized carbons (Fsp3) is 0.579. The minimum Gasteiger partial charge on any atom is -0.480 e. The third-order valence-corrected chi connectivity index (χ3v) is 5.92. The molecule has 3 N–H and O–H groups in total. The van der Waals surface area contributed by atoms with Crippen LogP contribution in [0.3, 0.4) is 0 Å². The van der Waals surface area contributed by atoms with Crippen molar-refractivity contribution >= 4 is 35.2 Å². The number of alkyl halides is 3. The van der Waals surface area contributed by atoms with Crippen molar-refractivity contribution in [1.82, 2.24) is 10.6 Å². The second-order valence-corrected chi connectivity index (χ2v) is 8.45. The lowest BCUT2D eigenvalue weighted by Gasteiger charge is -2.31. The first kappa shape index (κ1) is 23.8. The maximum absolute atomic E-state index is 12.9. The second-order valence-electron chi connectivity index (χ2n) is 7.05. The summed E-state index contributed by atoms with van der Waals surface area (Å²) in [7, 11) is 0. The van der Waals surface area contributed by atoms with E-state index in [-0.39, 0.29) is 22.7 Å². The predicted molar refractivity (Wildman–Crippen MR) is 108 cm³/mol. The van der Waals surface area contributed by atoms with Gasteiger partial charge in [-0.2, -0.15) is 24.9 Å². The van der Waals surface area contributed by atoms with Crippen LogP contribution in [0.2, 0.25) is 5.02 Å². The minimum atomic E-state index is -4.56. The summed E-state index contributed by atoms with van der Waals surface area (Å²) in [6.07, 6.45) is 0.448. The predicted octanol–water partition coefficient (Wildman–Crippen LogP) is 4.20. The highest BCUT2D eigenvalue weighted by Crippen LogP contribution is 2.32. The van der Waals surface area contributed by atoms with Gasteiger partial charge in [0.25, 0.3) is 5.91 Å². The zero-order valence-corrected chi connectivity index (χ0v) is 17.5. The molecule has 1 aliphatic rings. The number of hydrogen-bond acceptors (Lipinski definition) is 4. The zero-order valence-electron chi connectivity index (χ0n) is 15.9. The molecule has 29 heavy (non-hydrogen) atoms. The Hall–Kier alpha value is -1.45. The van der Waals surface area contributed by atoms with Crippen LogP contribution in [0.4, 0.5) is 13.2 Å². The van der Waals surface area contributed by atoms with Gasteiger partial charge in [-0.05, 0) is 62.3 Å². The first-order chi connectivity index (χ1) is 13.6. The van der Waals surface area contributed by atoms with E-state index in [2.05, 4.69) is 10.6 Å². The lowest BCUT2D eigenvalue weighted by Crippen LogP contribution is -2.47. The normalized spacial score (nSPS) is 20.9. The van der Waals surface area contributed by atoms with Gasteiger partial charge >= 0.3 is 12.1 Å². The Labute approximate surface area is 176 Å². The molecule has 0 unspecified atom stereocenters. The summed E-state index contributed by atoms with van der Waals surface area (Å²) in [4.78, 5) is 23.8. The molecule has 2 rings (SSSR count). The monoisotopic (exact) mass is 452 g/mol. The van der Waals surface area contributed by atoms with Gasteiger partial charge in [0.15, 0.2) is 0 Å². The Morgan fingerprint density at radius 1 is 1.24 bits per heavy atom. The van der Waals surface area contributed by atoms with Crippen LogP contribution in [0.1, 0.15) is 48.0 Å². The van der Waals surface area contributed by atoms with E-state index in [0.717, 1.165) is 24.0 Å². The summed E-state index contributed by atoms with van der Waals surface area (Å²) in [6.45, 7) is 0. The summed E-state index contributed by atoms with van der Waals surface area (Å²) >= 11 is 7.50. The largest absolute Gasteiger partial charge is 0.480 e. The van der Waals surface area contributed by atoms with E-state index in [9.17, 15) is 27.9 Å². The number of carboxylic acid groups (broad SMARTS) is 1. The molecule has 1 amide bonds. The molecule has 1 aromatic rings. The molecule has 0 aliphatic heterocycles. The number of rotatable bonds is 8. The Bertz CT molecular complexity index is 725. The first-order valence-electron chi connectivity index (χ1n) is 9.27. The van der Waals surface area contributed by atoms with E-state index in [1.54, 1.807) is 11.8 Å². The van der Waals surface area contributed by atoms with Crippen LogP contribution in [0.15, 0.2) is 18.2 Å². The van der Waals surface area contributed by atoms with Gasteiger partial charge in [-0.15, -0.1) is 0 Å². The number of carbonyl (C=O) groups excluding carboxylic acids is 1. The van der Waals surface area contributed by atoms with Gasteiger partial charge in [-0.3, -0.25) is 9.59 Å².